The van der Waals surface area contributed by atoms with Crippen LogP contribution >= 0.6 is 0 Å². The lowest BCUT2D eigenvalue weighted by Gasteiger charge is -2.27. The molecular weight excluding hydrogens is 369 g/mol. The summed E-state index contributed by atoms with van der Waals surface area (Å²) in [4.78, 5) is 18.9. The quantitative estimate of drug-likeness (QED) is 0.518. The van der Waals surface area contributed by atoms with E-state index in [0.717, 1.165) is 12.0 Å². The molecule has 0 radical (unpaired) electrons. The first-order valence-electron chi connectivity index (χ1n) is 9.69. The number of halogens is 1. The van der Waals surface area contributed by atoms with Crippen LogP contribution in [0.25, 0.3) is 17.5 Å². The molecule has 6 heteroatoms. The summed E-state index contributed by atoms with van der Waals surface area (Å²) in [6.45, 7) is 4.54. The summed E-state index contributed by atoms with van der Waals surface area (Å²) >= 11 is 0. The Kier molecular flexibility index (Phi) is 6.89. The zero-order valence-electron chi connectivity index (χ0n) is 16.6. The number of benzene rings is 2. The molecular formula is C23H24FN3O2. The van der Waals surface area contributed by atoms with Gasteiger partial charge in [-0.2, -0.15) is 4.98 Å². The lowest BCUT2D eigenvalue weighted by Crippen LogP contribution is -2.38. The van der Waals surface area contributed by atoms with E-state index in [9.17, 15) is 9.18 Å². The fourth-order valence-corrected chi connectivity index (χ4v) is 2.88. The van der Waals surface area contributed by atoms with Gasteiger partial charge in [0.1, 0.15) is 5.82 Å². The van der Waals surface area contributed by atoms with E-state index in [2.05, 4.69) is 10.1 Å². The number of rotatable bonds is 8. The van der Waals surface area contributed by atoms with E-state index < -0.39 is 0 Å². The lowest BCUT2D eigenvalue weighted by molar-refractivity contribution is -0.128. The van der Waals surface area contributed by atoms with Crippen LogP contribution in [-0.2, 0) is 11.2 Å². The second kappa shape index (κ2) is 9.78. The van der Waals surface area contributed by atoms with Crippen molar-refractivity contribution in [2.24, 2.45) is 0 Å². The van der Waals surface area contributed by atoms with Crippen molar-refractivity contribution >= 4 is 12.0 Å². The normalized spacial score (nSPS) is 12.2. The Morgan fingerprint density at radius 1 is 1.17 bits per heavy atom. The fourth-order valence-electron chi connectivity index (χ4n) is 2.88. The van der Waals surface area contributed by atoms with Crippen molar-refractivity contribution in [3.8, 4) is 11.4 Å². The number of amides is 1. The maximum Gasteiger partial charge on any atom is 0.246 e. The van der Waals surface area contributed by atoms with Crippen molar-refractivity contribution in [2.45, 2.75) is 32.7 Å². The summed E-state index contributed by atoms with van der Waals surface area (Å²) in [6.07, 6.45) is 4.70. The highest BCUT2D eigenvalue weighted by Gasteiger charge is 2.18. The Morgan fingerprint density at radius 2 is 1.90 bits per heavy atom. The maximum absolute atomic E-state index is 13.1. The van der Waals surface area contributed by atoms with Gasteiger partial charge in [0.25, 0.3) is 0 Å². The average Bonchev–Trinajstić information content (AvgIpc) is 3.22. The molecule has 5 nitrogen and oxygen atoms in total. The van der Waals surface area contributed by atoms with E-state index in [1.54, 1.807) is 23.1 Å². The molecule has 1 aromatic heterocycles. The van der Waals surface area contributed by atoms with Crippen LogP contribution in [0.1, 0.15) is 31.7 Å². The van der Waals surface area contributed by atoms with Crippen LogP contribution < -0.4 is 0 Å². The minimum absolute atomic E-state index is 0.0542. The van der Waals surface area contributed by atoms with E-state index >= 15 is 0 Å². The van der Waals surface area contributed by atoms with E-state index in [4.69, 9.17) is 4.52 Å². The number of aromatic nitrogens is 2. The van der Waals surface area contributed by atoms with Gasteiger partial charge in [-0.05, 0) is 49.2 Å². The summed E-state index contributed by atoms with van der Waals surface area (Å²) < 4.78 is 18.4. The molecule has 29 heavy (non-hydrogen) atoms. The van der Waals surface area contributed by atoms with Gasteiger partial charge in [0.05, 0.1) is 0 Å². The highest BCUT2D eigenvalue weighted by Crippen LogP contribution is 2.17. The second-order valence-corrected chi connectivity index (χ2v) is 6.80. The highest BCUT2D eigenvalue weighted by molar-refractivity contribution is 5.92. The zero-order chi connectivity index (χ0) is 20.6. The molecule has 0 fully saturated rings. The van der Waals surface area contributed by atoms with E-state index in [0.29, 0.717) is 30.2 Å². The minimum atomic E-state index is -0.316. The van der Waals surface area contributed by atoms with Crippen LogP contribution in [0.2, 0.25) is 0 Å². The number of hydrogen-bond acceptors (Lipinski definition) is 4. The number of nitrogens with zero attached hydrogens (tertiary/aromatic N) is 3. The third kappa shape index (κ3) is 5.60. The first-order chi connectivity index (χ1) is 14.1. The van der Waals surface area contributed by atoms with Gasteiger partial charge in [0.2, 0.25) is 17.6 Å². The molecule has 1 heterocycles. The number of carbonyl (C=O) groups excluding carboxylic acids is 1. The van der Waals surface area contributed by atoms with Crippen LogP contribution in [0.15, 0.2) is 65.2 Å². The molecule has 0 aliphatic rings. The predicted molar refractivity (Wildman–Crippen MR) is 110 cm³/mol. The van der Waals surface area contributed by atoms with Crippen LogP contribution in [-0.4, -0.2) is 33.5 Å². The average molecular weight is 393 g/mol. The summed E-state index contributed by atoms with van der Waals surface area (Å²) in [7, 11) is 0. The third-order valence-electron chi connectivity index (χ3n) is 4.76. The van der Waals surface area contributed by atoms with Gasteiger partial charge in [-0.3, -0.25) is 4.79 Å². The van der Waals surface area contributed by atoms with Gasteiger partial charge in [0, 0.05) is 30.6 Å². The molecule has 1 amide bonds. The zero-order valence-corrected chi connectivity index (χ0v) is 16.6. The van der Waals surface area contributed by atoms with Gasteiger partial charge in [0.15, 0.2) is 0 Å². The van der Waals surface area contributed by atoms with Crippen molar-refractivity contribution in [1.82, 2.24) is 15.0 Å². The molecule has 0 spiro atoms. The molecule has 3 aromatic rings. The first kappa shape index (κ1) is 20.5. The Morgan fingerprint density at radius 3 is 2.59 bits per heavy atom. The molecule has 2 aromatic carbocycles. The van der Waals surface area contributed by atoms with E-state index in [1.165, 1.54) is 12.1 Å². The van der Waals surface area contributed by atoms with Crippen molar-refractivity contribution in [1.29, 1.82) is 0 Å². The molecule has 0 unspecified atom stereocenters. The van der Waals surface area contributed by atoms with E-state index in [1.807, 2.05) is 50.3 Å². The lowest BCUT2D eigenvalue weighted by atomic mass is 10.1. The van der Waals surface area contributed by atoms with E-state index in [-0.39, 0.29) is 17.8 Å². The van der Waals surface area contributed by atoms with Crippen LogP contribution in [0.5, 0.6) is 0 Å². The Bertz CT molecular complexity index is 952. The minimum Gasteiger partial charge on any atom is -0.339 e. The molecule has 0 aliphatic heterocycles. The molecule has 0 N–H and O–H groups in total. The molecule has 0 bridgehead atoms. The predicted octanol–water partition coefficient (Wildman–Crippen LogP) is 4.76. The van der Waals surface area contributed by atoms with Crippen molar-refractivity contribution < 1.29 is 13.7 Å². The van der Waals surface area contributed by atoms with Crippen LogP contribution in [0.3, 0.4) is 0 Å². The first-order valence-corrected chi connectivity index (χ1v) is 9.69. The van der Waals surface area contributed by atoms with Gasteiger partial charge < -0.3 is 9.42 Å². The van der Waals surface area contributed by atoms with Gasteiger partial charge >= 0.3 is 0 Å². The van der Waals surface area contributed by atoms with Crippen molar-refractivity contribution in [3.05, 3.63) is 77.9 Å². The largest absolute Gasteiger partial charge is 0.339 e. The third-order valence-corrected chi connectivity index (χ3v) is 4.76. The monoisotopic (exact) mass is 393 g/mol. The van der Waals surface area contributed by atoms with Gasteiger partial charge in [-0.25, -0.2) is 4.39 Å². The topological polar surface area (TPSA) is 59.2 Å². The highest BCUT2D eigenvalue weighted by atomic mass is 19.1. The Labute approximate surface area is 169 Å². The van der Waals surface area contributed by atoms with Gasteiger partial charge in [-0.1, -0.05) is 42.4 Å². The summed E-state index contributed by atoms with van der Waals surface area (Å²) in [5.41, 5.74) is 1.66. The molecule has 3 rings (SSSR count). The molecule has 150 valence electrons. The standard InChI is InChI=1S/C23H24FN3O2/c1-3-17(2)27(22(28)14-9-18-7-5-4-6-8-18)16-15-21-25-23(26-29-21)19-10-12-20(24)13-11-19/h4-14,17H,3,15-16H2,1-2H3/b14-9+/t17-/m0/s1. The van der Waals surface area contributed by atoms with Crippen molar-refractivity contribution in [2.75, 3.05) is 6.54 Å². The van der Waals surface area contributed by atoms with Crippen LogP contribution in [0, 0.1) is 5.82 Å². The smallest absolute Gasteiger partial charge is 0.246 e. The summed E-state index contributed by atoms with van der Waals surface area (Å²) in [5, 5.41) is 3.95. The number of hydrogen-bond donors (Lipinski definition) is 0. The molecule has 0 saturated carbocycles. The fraction of sp³-hybridized carbons (Fsp3) is 0.261. The molecule has 1 atom stereocenters. The maximum atomic E-state index is 13.1. The van der Waals surface area contributed by atoms with Crippen LogP contribution in [0.4, 0.5) is 4.39 Å². The molecule has 0 aliphatic carbocycles. The summed E-state index contributed by atoms with van der Waals surface area (Å²) in [5.74, 6) is 0.480. The Balaban J connectivity index is 1.65. The Hall–Kier alpha value is -3.28. The number of carbonyl (C=O) groups is 1. The van der Waals surface area contributed by atoms with Gasteiger partial charge in [-0.15, -0.1) is 0 Å². The SMILES string of the molecule is CC[C@H](C)N(CCc1nc(-c2ccc(F)cc2)no1)C(=O)/C=C/c1ccccc1. The second-order valence-electron chi connectivity index (χ2n) is 6.80. The summed E-state index contributed by atoms with van der Waals surface area (Å²) in [6, 6.07) is 15.7. The molecule has 0 saturated heterocycles. The van der Waals surface area contributed by atoms with Crippen molar-refractivity contribution in [3.63, 3.8) is 0 Å².